The van der Waals surface area contributed by atoms with Crippen molar-refractivity contribution < 1.29 is 8.78 Å². The Balaban J connectivity index is 1.74. The predicted molar refractivity (Wildman–Crippen MR) is 128 cm³/mol. The van der Waals surface area contributed by atoms with Gasteiger partial charge in [0.15, 0.2) is 5.82 Å². The van der Waals surface area contributed by atoms with E-state index in [9.17, 15) is 8.78 Å². The molecule has 4 nitrogen and oxygen atoms in total. The highest BCUT2D eigenvalue weighted by atomic mass is 32.1. The minimum Gasteiger partial charge on any atom is -0.238 e. The number of nitrogens with zero attached hydrogens (tertiary/aromatic N) is 3. The molecule has 2 heterocycles. The van der Waals surface area contributed by atoms with Gasteiger partial charge in [0, 0.05) is 26.8 Å². The Hall–Kier alpha value is -3.97. The monoisotopic (exact) mass is 454 g/mol. The first-order valence-electron chi connectivity index (χ1n) is 10.4. The fourth-order valence-corrected chi connectivity index (χ4v) is 5.74. The maximum atomic E-state index is 14.6. The highest BCUT2D eigenvalue weighted by Crippen LogP contribution is 2.49. The zero-order valence-corrected chi connectivity index (χ0v) is 18.3. The number of fused-ring (bicyclic) bond motifs is 2. The molecule has 6 rings (SSSR count). The van der Waals surface area contributed by atoms with Crippen molar-refractivity contribution in [3.63, 3.8) is 0 Å². The van der Waals surface area contributed by atoms with Gasteiger partial charge >= 0.3 is 0 Å². The molecule has 0 saturated heterocycles. The van der Waals surface area contributed by atoms with Crippen molar-refractivity contribution in [1.82, 2.24) is 20.6 Å². The second-order valence-corrected chi connectivity index (χ2v) is 8.81. The van der Waals surface area contributed by atoms with E-state index < -0.39 is 0 Å². The van der Waals surface area contributed by atoms with Gasteiger partial charge in [-0.3, -0.25) is 0 Å². The summed E-state index contributed by atoms with van der Waals surface area (Å²) in [5, 5.41) is 17.2. The van der Waals surface area contributed by atoms with Crippen LogP contribution in [0.15, 0.2) is 72.8 Å². The highest BCUT2D eigenvalue weighted by Gasteiger charge is 2.24. The molecule has 0 atom stereocenters. The lowest BCUT2D eigenvalue weighted by Gasteiger charge is -2.13. The molecule has 0 aliphatic rings. The van der Waals surface area contributed by atoms with E-state index in [1.54, 1.807) is 18.2 Å². The lowest BCUT2D eigenvalue weighted by atomic mass is 9.92. The molecular weight excluding hydrogens is 438 g/mol. The van der Waals surface area contributed by atoms with Gasteiger partial charge in [0.25, 0.3) is 0 Å². The van der Waals surface area contributed by atoms with Gasteiger partial charge in [0.1, 0.15) is 11.6 Å². The number of H-pyrrole nitrogens is 1. The summed E-state index contributed by atoms with van der Waals surface area (Å²) in [6, 6.07) is 21.5. The zero-order valence-electron chi connectivity index (χ0n) is 17.4. The Labute approximate surface area is 191 Å². The first-order chi connectivity index (χ1) is 16.1. The third-order valence-corrected chi connectivity index (χ3v) is 7.29. The third kappa shape index (κ3) is 3.04. The van der Waals surface area contributed by atoms with Gasteiger partial charge in [-0.25, -0.2) is 13.9 Å². The molecule has 6 aromatic rings. The molecule has 0 unspecified atom stereocenters. The van der Waals surface area contributed by atoms with Crippen LogP contribution in [0.2, 0.25) is 0 Å². The Morgan fingerprint density at radius 1 is 0.697 bits per heavy atom. The van der Waals surface area contributed by atoms with Crippen LogP contribution in [0.4, 0.5) is 8.78 Å². The molecule has 4 aromatic carbocycles. The Bertz CT molecular complexity index is 1650. The summed E-state index contributed by atoms with van der Waals surface area (Å²) >= 11 is 1.54. The number of hydrogen-bond acceptors (Lipinski definition) is 4. The van der Waals surface area contributed by atoms with Crippen molar-refractivity contribution in [3.8, 4) is 32.3 Å². The lowest BCUT2D eigenvalue weighted by Crippen LogP contribution is -1.90. The fraction of sp³-hybridized carbons (Fsp3) is 0.0385. The summed E-state index contributed by atoms with van der Waals surface area (Å²) in [6.45, 7) is 2.01. The predicted octanol–water partition coefficient (Wildman–Crippen LogP) is 7.16. The number of halogens is 2. The van der Waals surface area contributed by atoms with Crippen molar-refractivity contribution in [2.45, 2.75) is 6.92 Å². The van der Waals surface area contributed by atoms with Crippen LogP contribution in [0.1, 0.15) is 5.56 Å². The van der Waals surface area contributed by atoms with Gasteiger partial charge in [0.05, 0.1) is 4.88 Å². The van der Waals surface area contributed by atoms with Crippen LogP contribution in [0.25, 0.3) is 53.8 Å². The first kappa shape index (κ1) is 19.7. The summed E-state index contributed by atoms with van der Waals surface area (Å²) in [6.07, 6.45) is 0. The Morgan fingerprint density at radius 2 is 1.27 bits per heavy atom. The molecule has 0 fully saturated rings. The molecule has 0 bridgehead atoms. The van der Waals surface area contributed by atoms with Crippen LogP contribution < -0.4 is 0 Å². The maximum absolute atomic E-state index is 14.6. The number of rotatable bonds is 3. The first-order valence-corrected chi connectivity index (χ1v) is 11.2. The SMILES string of the molecule is Cc1c(-c2nnn[nH]2)sc(-c2ccc(F)c3ccccc23)c1-c1ccc(F)c2ccccc12. The molecule has 1 N–H and O–H groups in total. The molecule has 0 aliphatic carbocycles. The molecule has 0 radical (unpaired) electrons. The number of hydrogen-bond donors (Lipinski definition) is 1. The topological polar surface area (TPSA) is 54.5 Å². The van der Waals surface area contributed by atoms with Gasteiger partial charge in [-0.2, -0.15) is 0 Å². The molecule has 0 amide bonds. The van der Waals surface area contributed by atoms with Gasteiger partial charge in [-0.1, -0.05) is 54.6 Å². The number of nitrogens with one attached hydrogen (secondary N) is 1. The Morgan fingerprint density at radius 3 is 1.88 bits per heavy atom. The number of aromatic amines is 1. The minimum atomic E-state index is -0.268. The molecule has 160 valence electrons. The lowest BCUT2D eigenvalue weighted by molar-refractivity contribution is 0.639. The Kier molecular flexibility index (Phi) is 4.52. The molecule has 0 saturated carbocycles. The number of aromatic nitrogens is 4. The van der Waals surface area contributed by atoms with E-state index in [4.69, 9.17) is 0 Å². The highest BCUT2D eigenvalue weighted by molar-refractivity contribution is 7.19. The largest absolute Gasteiger partial charge is 0.238 e. The summed E-state index contributed by atoms with van der Waals surface area (Å²) in [4.78, 5) is 1.83. The van der Waals surface area contributed by atoms with E-state index in [1.807, 2.05) is 49.4 Å². The van der Waals surface area contributed by atoms with Crippen LogP contribution >= 0.6 is 11.3 Å². The molecular formula is C26H16F2N4S. The number of thiophene rings is 1. The van der Waals surface area contributed by atoms with E-state index in [0.717, 1.165) is 42.8 Å². The van der Waals surface area contributed by atoms with Crippen LogP contribution in [-0.4, -0.2) is 20.6 Å². The fourth-order valence-electron chi connectivity index (χ4n) is 4.45. The quantitative estimate of drug-likeness (QED) is 0.309. The van der Waals surface area contributed by atoms with Crippen molar-refractivity contribution in [1.29, 1.82) is 0 Å². The minimum absolute atomic E-state index is 0.268. The molecule has 33 heavy (non-hydrogen) atoms. The van der Waals surface area contributed by atoms with Crippen LogP contribution in [-0.2, 0) is 0 Å². The summed E-state index contributed by atoms with van der Waals surface area (Å²) in [5.74, 6) is 0.0228. The summed E-state index contributed by atoms with van der Waals surface area (Å²) in [7, 11) is 0. The average Bonchev–Trinajstić information content (AvgIpc) is 3.48. The zero-order chi connectivity index (χ0) is 22.5. The normalized spacial score (nSPS) is 11.5. The van der Waals surface area contributed by atoms with Crippen LogP contribution in [0.5, 0.6) is 0 Å². The van der Waals surface area contributed by atoms with E-state index in [0.29, 0.717) is 16.6 Å². The van der Waals surface area contributed by atoms with Gasteiger partial charge in [-0.15, -0.1) is 16.4 Å². The van der Waals surface area contributed by atoms with Crippen molar-refractivity contribution >= 4 is 32.9 Å². The second kappa shape index (κ2) is 7.56. The van der Waals surface area contributed by atoms with Crippen molar-refractivity contribution in [2.75, 3.05) is 0 Å². The molecule has 0 aliphatic heterocycles. The smallest absolute Gasteiger partial charge is 0.189 e. The van der Waals surface area contributed by atoms with E-state index in [-0.39, 0.29) is 11.6 Å². The average molecular weight is 455 g/mol. The van der Waals surface area contributed by atoms with Crippen molar-refractivity contribution in [2.24, 2.45) is 0 Å². The van der Waals surface area contributed by atoms with E-state index in [1.165, 1.54) is 23.5 Å². The maximum Gasteiger partial charge on any atom is 0.189 e. The molecule has 0 spiro atoms. The van der Waals surface area contributed by atoms with E-state index >= 15 is 0 Å². The van der Waals surface area contributed by atoms with Crippen molar-refractivity contribution in [3.05, 3.63) is 90.0 Å². The van der Waals surface area contributed by atoms with Gasteiger partial charge < -0.3 is 0 Å². The van der Waals surface area contributed by atoms with E-state index in [2.05, 4.69) is 20.6 Å². The van der Waals surface area contributed by atoms with Gasteiger partial charge in [-0.05, 0) is 57.4 Å². The number of tetrazole rings is 1. The molecule has 2 aromatic heterocycles. The second-order valence-electron chi connectivity index (χ2n) is 7.79. The molecule has 7 heteroatoms. The summed E-state index contributed by atoms with van der Waals surface area (Å²) < 4.78 is 29.2. The van der Waals surface area contributed by atoms with Crippen LogP contribution in [0, 0.1) is 18.6 Å². The summed E-state index contributed by atoms with van der Waals surface area (Å²) in [5.41, 5.74) is 3.74. The van der Waals surface area contributed by atoms with Crippen LogP contribution in [0.3, 0.4) is 0 Å². The standard InChI is InChI=1S/C26H16F2N4S/c1-14-23(19-10-12-21(27)17-8-4-2-6-15(17)19)25(33-24(14)26-29-31-32-30-26)20-11-13-22(28)18-9-5-3-7-16(18)20/h2-13H,1H3,(H,29,30,31,32). The van der Waals surface area contributed by atoms with Gasteiger partial charge in [0.2, 0.25) is 0 Å². The number of benzene rings is 4. The third-order valence-electron chi connectivity index (χ3n) is 5.96.